The van der Waals surface area contributed by atoms with Crippen LogP contribution in [-0.2, 0) is 0 Å². The topological polar surface area (TPSA) is 61.7 Å². The Morgan fingerprint density at radius 2 is 1.64 bits per heavy atom. The van der Waals surface area contributed by atoms with E-state index >= 15 is 0 Å². The molecule has 4 nitrogen and oxygen atoms in total. The fraction of sp³-hybridized carbons (Fsp3) is 0. The number of nitrogens with zero attached hydrogens (tertiary/aromatic N) is 1. The first-order valence-electron chi connectivity index (χ1n) is 7.61. The number of benzene rings is 3. The maximum absolute atomic E-state index is 12.1. The van der Waals surface area contributed by atoms with Gasteiger partial charge in [-0.25, -0.2) is 5.43 Å². The maximum atomic E-state index is 12.1. The minimum atomic E-state index is -0.336. The number of hydrazone groups is 1. The van der Waals surface area contributed by atoms with Crippen molar-refractivity contribution in [2.45, 2.75) is 0 Å². The van der Waals surface area contributed by atoms with Crippen LogP contribution in [0.2, 0.25) is 5.02 Å². The molecule has 2 N–H and O–H groups in total. The highest BCUT2D eigenvalue weighted by atomic mass is 35.5. The zero-order valence-electron chi connectivity index (χ0n) is 13.2. The van der Waals surface area contributed by atoms with Gasteiger partial charge in [-0.05, 0) is 41.5 Å². The molecule has 0 fully saturated rings. The Morgan fingerprint density at radius 1 is 0.960 bits per heavy atom. The van der Waals surface area contributed by atoms with Crippen LogP contribution in [0.4, 0.5) is 0 Å². The fourth-order valence-electron chi connectivity index (χ4n) is 2.30. The van der Waals surface area contributed by atoms with E-state index in [1.807, 2.05) is 42.5 Å². The lowest BCUT2D eigenvalue weighted by Gasteiger charge is -2.04. The van der Waals surface area contributed by atoms with Gasteiger partial charge in [0.25, 0.3) is 5.91 Å². The van der Waals surface area contributed by atoms with Gasteiger partial charge in [0, 0.05) is 16.1 Å². The van der Waals surface area contributed by atoms with Crippen LogP contribution in [0.1, 0.15) is 15.9 Å². The summed E-state index contributed by atoms with van der Waals surface area (Å²) >= 11 is 5.86. The summed E-state index contributed by atoms with van der Waals surface area (Å²) in [5.41, 5.74) is 5.46. The van der Waals surface area contributed by atoms with Gasteiger partial charge in [-0.2, -0.15) is 5.10 Å². The highest BCUT2D eigenvalue weighted by Crippen LogP contribution is 2.20. The number of phenols is 1. The summed E-state index contributed by atoms with van der Waals surface area (Å²) in [7, 11) is 0. The van der Waals surface area contributed by atoms with E-state index in [4.69, 9.17) is 11.6 Å². The van der Waals surface area contributed by atoms with Crippen molar-refractivity contribution in [3.05, 3.63) is 88.9 Å². The van der Waals surface area contributed by atoms with Gasteiger partial charge in [0.15, 0.2) is 0 Å². The van der Waals surface area contributed by atoms with Gasteiger partial charge in [-0.3, -0.25) is 4.79 Å². The molecule has 0 heterocycles. The Hall–Kier alpha value is -3.11. The van der Waals surface area contributed by atoms with E-state index in [-0.39, 0.29) is 11.7 Å². The van der Waals surface area contributed by atoms with Crippen molar-refractivity contribution in [3.8, 4) is 16.9 Å². The highest BCUT2D eigenvalue weighted by Gasteiger charge is 2.05. The zero-order valence-corrected chi connectivity index (χ0v) is 13.9. The van der Waals surface area contributed by atoms with Crippen LogP contribution in [0.25, 0.3) is 11.1 Å². The minimum absolute atomic E-state index is 0.0367. The number of carbonyl (C=O) groups excluding carboxylic acids is 1. The molecule has 0 saturated carbocycles. The van der Waals surface area contributed by atoms with Crippen molar-refractivity contribution in [1.82, 2.24) is 5.43 Å². The van der Waals surface area contributed by atoms with Crippen molar-refractivity contribution in [1.29, 1.82) is 0 Å². The predicted molar refractivity (Wildman–Crippen MR) is 100 cm³/mol. The molecule has 0 radical (unpaired) electrons. The monoisotopic (exact) mass is 350 g/mol. The second kappa shape index (κ2) is 7.64. The minimum Gasteiger partial charge on any atom is -0.507 e. The van der Waals surface area contributed by atoms with Crippen LogP contribution in [0.3, 0.4) is 0 Å². The Labute approximate surface area is 150 Å². The Morgan fingerprint density at radius 3 is 2.36 bits per heavy atom. The maximum Gasteiger partial charge on any atom is 0.271 e. The summed E-state index contributed by atoms with van der Waals surface area (Å²) < 4.78 is 0. The van der Waals surface area contributed by atoms with Gasteiger partial charge in [-0.1, -0.05) is 54.1 Å². The van der Waals surface area contributed by atoms with Crippen molar-refractivity contribution in [2.24, 2.45) is 5.10 Å². The molecule has 0 unspecified atom stereocenters. The van der Waals surface area contributed by atoms with Crippen LogP contribution in [-0.4, -0.2) is 17.2 Å². The van der Waals surface area contributed by atoms with Gasteiger partial charge in [0.1, 0.15) is 5.75 Å². The Bertz CT molecular complexity index is 907. The first kappa shape index (κ1) is 16.7. The van der Waals surface area contributed by atoms with Crippen LogP contribution in [0.15, 0.2) is 77.9 Å². The molecule has 3 aromatic carbocycles. The first-order valence-corrected chi connectivity index (χ1v) is 7.99. The summed E-state index contributed by atoms with van der Waals surface area (Å²) in [5.74, 6) is -0.299. The lowest BCUT2D eigenvalue weighted by Crippen LogP contribution is -2.17. The average molecular weight is 351 g/mol. The van der Waals surface area contributed by atoms with Gasteiger partial charge < -0.3 is 5.11 Å². The molecular formula is C20H15ClN2O2. The van der Waals surface area contributed by atoms with E-state index in [2.05, 4.69) is 10.5 Å². The Balaban J connectivity index is 1.67. The summed E-state index contributed by atoms with van der Waals surface area (Å²) in [6, 6.07) is 21.8. The summed E-state index contributed by atoms with van der Waals surface area (Å²) in [4.78, 5) is 12.1. The van der Waals surface area contributed by atoms with Gasteiger partial charge in [0.05, 0.1) is 6.21 Å². The molecule has 5 heteroatoms. The molecule has 3 aromatic rings. The molecule has 0 aromatic heterocycles. The van der Waals surface area contributed by atoms with E-state index in [0.717, 1.165) is 11.1 Å². The number of nitrogens with one attached hydrogen (secondary N) is 1. The van der Waals surface area contributed by atoms with Gasteiger partial charge >= 0.3 is 0 Å². The van der Waals surface area contributed by atoms with Gasteiger partial charge in [0.2, 0.25) is 0 Å². The number of halogens is 1. The summed E-state index contributed by atoms with van der Waals surface area (Å²) in [5, 5.41) is 14.0. The molecule has 0 spiro atoms. The Kier molecular flexibility index (Phi) is 5.11. The number of hydrogen-bond donors (Lipinski definition) is 2. The highest BCUT2D eigenvalue weighted by molar-refractivity contribution is 6.30. The third-order valence-corrected chi connectivity index (χ3v) is 3.85. The molecule has 0 aliphatic carbocycles. The fourth-order valence-corrected chi connectivity index (χ4v) is 2.48. The molecule has 0 aliphatic rings. The van der Waals surface area contributed by atoms with Crippen LogP contribution in [0.5, 0.6) is 5.75 Å². The lowest BCUT2D eigenvalue weighted by molar-refractivity contribution is 0.0955. The molecule has 0 atom stereocenters. The molecule has 0 bridgehead atoms. The van der Waals surface area contributed by atoms with Crippen molar-refractivity contribution in [2.75, 3.05) is 0 Å². The smallest absolute Gasteiger partial charge is 0.271 e. The number of rotatable bonds is 4. The number of amides is 1. The summed E-state index contributed by atoms with van der Waals surface area (Å²) in [6.07, 6.45) is 1.34. The van der Waals surface area contributed by atoms with E-state index in [1.165, 1.54) is 12.3 Å². The molecule has 0 saturated heterocycles. The first-order chi connectivity index (χ1) is 12.1. The standard InChI is InChI=1S/C20H15ClN2O2/c21-18-10-11-19(24)17(12-18)13-22-23-20(25)16-8-6-15(7-9-16)14-4-2-1-3-5-14/h1-13,24H,(H,23,25). The second-order valence-corrected chi connectivity index (χ2v) is 5.78. The summed E-state index contributed by atoms with van der Waals surface area (Å²) in [6.45, 7) is 0. The lowest BCUT2D eigenvalue weighted by atomic mass is 10.0. The molecule has 3 rings (SSSR count). The molecule has 25 heavy (non-hydrogen) atoms. The molecule has 124 valence electrons. The second-order valence-electron chi connectivity index (χ2n) is 5.35. The molecule has 0 aliphatic heterocycles. The largest absolute Gasteiger partial charge is 0.507 e. The van der Waals surface area contributed by atoms with Crippen LogP contribution >= 0.6 is 11.6 Å². The van der Waals surface area contributed by atoms with E-state index < -0.39 is 0 Å². The van der Waals surface area contributed by atoms with Crippen molar-refractivity contribution < 1.29 is 9.90 Å². The van der Waals surface area contributed by atoms with Crippen molar-refractivity contribution >= 4 is 23.7 Å². The average Bonchev–Trinajstić information content (AvgIpc) is 2.65. The van der Waals surface area contributed by atoms with E-state index in [1.54, 1.807) is 24.3 Å². The predicted octanol–water partition coefficient (Wildman–Crippen LogP) is 4.48. The number of phenolic OH excluding ortho intramolecular Hbond substituents is 1. The third-order valence-electron chi connectivity index (χ3n) is 3.61. The normalized spacial score (nSPS) is 10.8. The number of carbonyl (C=O) groups is 1. The molecular weight excluding hydrogens is 336 g/mol. The molecule has 1 amide bonds. The SMILES string of the molecule is O=C(NN=Cc1cc(Cl)ccc1O)c1ccc(-c2ccccc2)cc1. The zero-order chi connectivity index (χ0) is 17.6. The van der Waals surface area contributed by atoms with Crippen LogP contribution < -0.4 is 5.43 Å². The number of aromatic hydroxyl groups is 1. The van der Waals surface area contributed by atoms with Gasteiger partial charge in [-0.15, -0.1) is 0 Å². The van der Waals surface area contributed by atoms with Crippen LogP contribution in [0, 0.1) is 0 Å². The van der Waals surface area contributed by atoms with E-state index in [9.17, 15) is 9.90 Å². The third kappa shape index (κ3) is 4.25. The number of hydrogen-bond acceptors (Lipinski definition) is 3. The van der Waals surface area contributed by atoms with E-state index in [0.29, 0.717) is 16.1 Å². The van der Waals surface area contributed by atoms with Crippen molar-refractivity contribution in [3.63, 3.8) is 0 Å². The quantitative estimate of drug-likeness (QED) is 0.538.